The molecule has 2 rings (SSSR count). The Morgan fingerprint density at radius 3 is 2.52 bits per heavy atom. The van der Waals surface area contributed by atoms with Gasteiger partial charge in [-0.25, -0.2) is 8.78 Å². The minimum Gasteiger partial charge on any atom is -0.348 e. The fraction of sp³-hybridized carbons (Fsp3) is 0.0667. The maximum atomic E-state index is 13.6. The average molecular weight is 351 g/mol. The summed E-state index contributed by atoms with van der Waals surface area (Å²) >= 11 is 2.95. The zero-order valence-corrected chi connectivity index (χ0v) is 12.2. The van der Waals surface area contributed by atoms with Crippen molar-refractivity contribution in [3.8, 4) is 6.07 Å². The van der Waals surface area contributed by atoms with Gasteiger partial charge in [-0.15, -0.1) is 0 Å². The summed E-state index contributed by atoms with van der Waals surface area (Å²) in [5, 5.41) is 11.2. The number of nitrogens with one attached hydrogen (secondary N) is 1. The third-order valence-electron chi connectivity index (χ3n) is 2.74. The van der Waals surface area contributed by atoms with Crippen molar-refractivity contribution in [3.63, 3.8) is 0 Å². The molecule has 0 saturated heterocycles. The molecule has 0 bridgehead atoms. The van der Waals surface area contributed by atoms with Crippen LogP contribution in [0.5, 0.6) is 0 Å². The molecule has 21 heavy (non-hydrogen) atoms. The normalized spacial score (nSPS) is 10.0. The number of benzene rings is 2. The van der Waals surface area contributed by atoms with E-state index < -0.39 is 23.1 Å². The number of amides is 1. The van der Waals surface area contributed by atoms with Crippen molar-refractivity contribution in [2.24, 2.45) is 0 Å². The lowest BCUT2D eigenvalue weighted by Gasteiger charge is -2.08. The van der Waals surface area contributed by atoms with Gasteiger partial charge in [0.1, 0.15) is 17.2 Å². The highest BCUT2D eigenvalue weighted by molar-refractivity contribution is 9.10. The van der Waals surface area contributed by atoms with Crippen molar-refractivity contribution >= 4 is 21.8 Å². The van der Waals surface area contributed by atoms with Crippen LogP contribution in [0.1, 0.15) is 21.5 Å². The van der Waals surface area contributed by atoms with Crippen LogP contribution in [-0.2, 0) is 6.54 Å². The summed E-state index contributed by atoms with van der Waals surface area (Å²) < 4.78 is 27.5. The van der Waals surface area contributed by atoms with Crippen molar-refractivity contribution in [3.05, 3.63) is 69.2 Å². The van der Waals surface area contributed by atoms with Gasteiger partial charge in [-0.3, -0.25) is 4.79 Å². The molecule has 3 nitrogen and oxygen atoms in total. The number of nitriles is 1. The molecule has 0 unspecified atom stereocenters. The minimum absolute atomic E-state index is 0.0727. The van der Waals surface area contributed by atoms with Crippen molar-refractivity contribution < 1.29 is 13.6 Å². The molecule has 0 aliphatic heterocycles. The molecule has 1 amide bonds. The predicted octanol–water partition coefficient (Wildman–Crippen LogP) is 3.53. The van der Waals surface area contributed by atoms with E-state index in [1.165, 1.54) is 0 Å². The molecule has 0 aliphatic carbocycles. The summed E-state index contributed by atoms with van der Waals surface area (Å²) in [6.07, 6.45) is 0. The smallest absolute Gasteiger partial charge is 0.257 e. The summed E-state index contributed by atoms with van der Waals surface area (Å²) in [4.78, 5) is 11.9. The molecular weight excluding hydrogens is 342 g/mol. The van der Waals surface area contributed by atoms with Crippen molar-refractivity contribution in [2.45, 2.75) is 6.54 Å². The molecule has 1 N–H and O–H groups in total. The Morgan fingerprint density at radius 1 is 1.24 bits per heavy atom. The first kappa shape index (κ1) is 15.1. The first-order valence-corrected chi connectivity index (χ1v) is 6.72. The monoisotopic (exact) mass is 350 g/mol. The number of hydrogen-bond donors (Lipinski definition) is 1. The first-order chi connectivity index (χ1) is 10.0. The number of rotatable bonds is 3. The van der Waals surface area contributed by atoms with Gasteiger partial charge in [-0.05, 0) is 29.8 Å². The van der Waals surface area contributed by atoms with Crippen LogP contribution in [0.25, 0.3) is 0 Å². The van der Waals surface area contributed by atoms with Crippen LogP contribution in [0.2, 0.25) is 0 Å². The number of carbonyl (C=O) groups excluding carboxylic acids is 1. The SMILES string of the molecule is N#Cc1cccc(CNC(=O)c2c(F)cc(Br)cc2F)c1. The van der Waals surface area contributed by atoms with E-state index >= 15 is 0 Å². The minimum atomic E-state index is -0.940. The number of nitrogens with zero attached hydrogens (tertiary/aromatic N) is 1. The van der Waals surface area contributed by atoms with E-state index in [4.69, 9.17) is 5.26 Å². The average Bonchev–Trinajstić information content (AvgIpc) is 2.44. The molecule has 0 spiro atoms. The summed E-state index contributed by atoms with van der Waals surface area (Å²) in [5.41, 5.74) is 0.484. The van der Waals surface area contributed by atoms with Crippen LogP contribution in [0.3, 0.4) is 0 Å². The number of halogens is 3. The van der Waals surface area contributed by atoms with Crippen LogP contribution in [0.15, 0.2) is 40.9 Å². The van der Waals surface area contributed by atoms with E-state index in [1.54, 1.807) is 24.3 Å². The van der Waals surface area contributed by atoms with Gasteiger partial charge < -0.3 is 5.32 Å². The van der Waals surface area contributed by atoms with E-state index in [9.17, 15) is 13.6 Å². The second-order valence-corrected chi connectivity index (χ2v) is 5.15. The first-order valence-electron chi connectivity index (χ1n) is 5.93. The highest BCUT2D eigenvalue weighted by atomic mass is 79.9. The van der Waals surface area contributed by atoms with Gasteiger partial charge in [0, 0.05) is 11.0 Å². The van der Waals surface area contributed by atoms with Crippen molar-refractivity contribution in [1.82, 2.24) is 5.32 Å². The fourth-order valence-corrected chi connectivity index (χ4v) is 2.18. The van der Waals surface area contributed by atoms with Gasteiger partial charge in [0.25, 0.3) is 5.91 Å². The van der Waals surface area contributed by atoms with E-state index in [2.05, 4.69) is 21.2 Å². The maximum absolute atomic E-state index is 13.6. The molecule has 0 saturated carbocycles. The number of carbonyl (C=O) groups is 1. The van der Waals surface area contributed by atoms with Crippen LogP contribution in [-0.4, -0.2) is 5.91 Å². The van der Waals surface area contributed by atoms with Gasteiger partial charge in [0.15, 0.2) is 0 Å². The van der Waals surface area contributed by atoms with Gasteiger partial charge in [-0.2, -0.15) is 5.26 Å². The van der Waals surface area contributed by atoms with Crippen LogP contribution in [0.4, 0.5) is 8.78 Å². The fourth-order valence-electron chi connectivity index (χ4n) is 1.78. The molecule has 0 fully saturated rings. The Kier molecular flexibility index (Phi) is 4.66. The van der Waals surface area contributed by atoms with E-state index in [0.717, 1.165) is 12.1 Å². The Labute approximate surface area is 128 Å². The lowest BCUT2D eigenvalue weighted by Crippen LogP contribution is -2.25. The summed E-state index contributed by atoms with van der Waals surface area (Å²) in [7, 11) is 0. The molecule has 106 valence electrons. The topological polar surface area (TPSA) is 52.9 Å². The molecule has 2 aromatic rings. The molecular formula is C15H9BrF2N2O. The highest BCUT2D eigenvalue weighted by Crippen LogP contribution is 2.19. The molecule has 0 aromatic heterocycles. The number of hydrogen-bond acceptors (Lipinski definition) is 2. The summed E-state index contributed by atoms with van der Waals surface area (Å²) in [6, 6.07) is 10.6. The zero-order valence-electron chi connectivity index (χ0n) is 10.7. The summed E-state index contributed by atoms with van der Waals surface area (Å²) in [6.45, 7) is 0.0727. The van der Waals surface area contributed by atoms with Crippen molar-refractivity contribution in [2.75, 3.05) is 0 Å². The highest BCUT2D eigenvalue weighted by Gasteiger charge is 2.18. The molecule has 0 heterocycles. The van der Waals surface area contributed by atoms with Gasteiger partial charge in [0.2, 0.25) is 0 Å². The van der Waals surface area contributed by atoms with E-state index in [-0.39, 0.29) is 11.0 Å². The van der Waals surface area contributed by atoms with Crippen LogP contribution in [0, 0.1) is 23.0 Å². The third-order valence-corrected chi connectivity index (χ3v) is 3.20. The third kappa shape index (κ3) is 3.64. The molecule has 0 radical (unpaired) electrons. The van der Waals surface area contributed by atoms with Crippen LogP contribution >= 0.6 is 15.9 Å². The largest absolute Gasteiger partial charge is 0.348 e. The summed E-state index contributed by atoms with van der Waals surface area (Å²) in [5.74, 6) is -2.73. The lowest BCUT2D eigenvalue weighted by molar-refractivity contribution is 0.0942. The Balaban J connectivity index is 2.14. The molecule has 6 heteroatoms. The Bertz CT molecular complexity index is 718. The van der Waals surface area contributed by atoms with E-state index in [1.807, 2.05) is 6.07 Å². The van der Waals surface area contributed by atoms with Gasteiger partial charge in [-0.1, -0.05) is 28.1 Å². The van der Waals surface area contributed by atoms with Crippen molar-refractivity contribution in [1.29, 1.82) is 5.26 Å². The van der Waals surface area contributed by atoms with Gasteiger partial charge >= 0.3 is 0 Å². The van der Waals surface area contributed by atoms with E-state index in [0.29, 0.717) is 11.1 Å². The Morgan fingerprint density at radius 2 is 1.90 bits per heavy atom. The Hall–Kier alpha value is -2.26. The second kappa shape index (κ2) is 6.46. The molecule has 0 aliphatic rings. The predicted molar refractivity (Wildman–Crippen MR) is 76.4 cm³/mol. The second-order valence-electron chi connectivity index (χ2n) is 4.24. The molecule has 0 atom stereocenters. The molecule has 2 aromatic carbocycles. The quantitative estimate of drug-likeness (QED) is 0.920. The maximum Gasteiger partial charge on any atom is 0.257 e. The van der Waals surface area contributed by atoms with Gasteiger partial charge in [0.05, 0.1) is 11.6 Å². The standard InChI is InChI=1S/C15H9BrF2N2O/c16-11-5-12(17)14(13(18)6-11)15(21)20-8-10-3-1-2-9(4-10)7-19/h1-6H,8H2,(H,20,21). The lowest BCUT2D eigenvalue weighted by atomic mass is 10.1. The van der Waals surface area contributed by atoms with Crippen LogP contribution < -0.4 is 5.32 Å². The zero-order chi connectivity index (χ0) is 15.4.